The van der Waals surface area contributed by atoms with Crippen molar-refractivity contribution < 1.29 is 59.2 Å². The van der Waals surface area contributed by atoms with E-state index < -0.39 is 15.1 Å². The van der Waals surface area contributed by atoms with Gasteiger partial charge in [-0.3, -0.25) is 0 Å². The largest absolute Gasteiger partial charge is 2.00 e. The van der Waals surface area contributed by atoms with E-state index in [1.807, 2.05) is 60.7 Å². The molecule has 0 saturated heterocycles. The van der Waals surface area contributed by atoms with Crippen LogP contribution in [-0.4, -0.2) is 18.6 Å². The molecule has 2 aromatic carbocycles. The molecule has 36 heavy (non-hydrogen) atoms. The quantitative estimate of drug-likeness (QED) is 0.136. The monoisotopic (exact) mass is 619 g/mol. The van der Waals surface area contributed by atoms with E-state index in [-0.39, 0.29) is 16.8 Å². The molecule has 0 aromatic heterocycles. The molecule has 0 bridgehead atoms. The molecule has 0 nitrogen and oxygen atoms in total. The van der Waals surface area contributed by atoms with E-state index in [1.54, 1.807) is 25.7 Å². The minimum Gasteiger partial charge on any atom is -0.214 e. The normalized spacial score (nSPS) is 18.4. The third-order valence-corrected chi connectivity index (χ3v) is 6.89. The van der Waals surface area contributed by atoms with Crippen LogP contribution in [0, 0.1) is 0 Å². The molecule has 2 aromatic rings. The van der Waals surface area contributed by atoms with Gasteiger partial charge < -0.3 is 17.3 Å². The Bertz CT molecular complexity index is 614. The van der Waals surface area contributed by atoms with Crippen LogP contribution < -0.4 is 0 Å². The second-order valence-electron chi connectivity index (χ2n) is 8.21. The van der Waals surface area contributed by atoms with Gasteiger partial charge in [0.1, 0.15) is 0 Å². The van der Waals surface area contributed by atoms with Crippen molar-refractivity contribution in [2.24, 2.45) is 0 Å². The molecule has 0 N–H and O–H groups in total. The molecule has 0 unspecified atom stereocenters. The molecule has 0 atom stereocenters. The van der Waals surface area contributed by atoms with Crippen molar-refractivity contribution in [3.8, 4) is 0 Å². The van der Waals surface area contributed by atoms with Crippen LogP contribution in [0.4, 0.5) is 42.4 Å². The van der Waals surface area contributed by atoms with Crippen LogP contribution in [0.2, 0.25) is 0 Å². The summed E-state index contributed by atoms with van der Waals surface area (Å²) in [5.74, 6) is 0. The van der Waals surface area contributed by atoms with Crippen molar-refractivity contribution in [2.75, 3.05) is 0 Å². The van der Waals surface area contributed by atoms with Crippen LogP contribution in [-0.2, 0) is 16.8 Å². The van der Waals surface area contributed by atoms with Crippen LogP contribution in [0.5, 0.6) is 0 Å². The zero-order chi connectivity index (χ0) is 26.9. The van der Waals surface area contributed by atoms with Gasteiger partial charge in [-0.05, 0) is 37.0 Å². The standard InChI is InChI=1S/C12H23P.2C5H5.BF4.Co.F6P/c1-3-7-11(8-4-1)13-12-9-5-2-6-10-12;2*1-2-4-5-3-1;2-1(3,4)5;;1-7(2,3,4,5)6/h11-13H,1-10H2;2*1-5H;;;/q;3*-1;+2;-1. The average molecular weight is 619 g/mol. The van der Waals surface area contributed by atoms with E-state index in [2.05, 4.69) is 0 Å². The molecule has 14 heteroatoms. The van der Waals surface area contributed by atoms with Gasteiger partial charge >= 0.3 is 57.0 Å². The maximum Gasteiger partial charge on any atom is 2.00 e. The Morgan fingerprint density at radius 3 is 0.944 bits per heavy atom. The predicted molar refractivity (Wildman–Crippen MR) is 130 cm³/mol. The summed E-state index contributed by atoms with van der Waals surface area (Å²) in [6.45, 7) is 0. The van der Waals surface area contributed by atoms with Crippen molar-refractivity contribution in [2.45, 2.75) is 75.5 Å². The Hall–Kier alpha value is -0.569. The van der Waals surface area contributed by atoms with E-state index in [1.165, 1.54) is 47.1 Å². The van der Waals surface area contributed by atoms with Crippen LogP contribution >= 0.6 is 16.4 Å². The maximum atomic E-state index is 9.87. The van der Waals surface area contributed by atoms with Crippen molar-refractivity contribution in [3.63, 3.8) is 0 Å². The molecule has 4 rings (SSSR count). The topological polar surface area (TPSA) is 0 Å². The number of hydrogen-bond donors (Lipinski definition) is 0. The Morgan fingerprint density at radius 2 is 0.778 bits per heavy atom. The SMILES string of the molecule is C1CCC(PC2CCCCC2)CC1.F[B-](F)(F)F.F[P-](F)(F)(F)(F)F.[Co+2].c1cc[cH-]c1.c1cc[cH-]c1. The third-order valence-electron chi connectivity index (χ3n) is 4.79. The van der Waals surface area contributed by atoms with Crippen molar-refractivity contribution >= 4 is 23.6 Å². The Morgan fingerprint density at radius 1 is 0.556 bits per heavy atom. The van der Waals surface area contributed by atoms with Crippen molar-refractivity contribution in [1.29, 1.82) is 0 Å². The summed E-state index contributed by atoms with van der Waals surface area (Å²) in [4.78, 5) is 0. The number of rotatable bonds is 2. The molecule has 0 aliphatic heterocycles. The van der Waals surface area contributed by atoms with Gasteiger partial charge in [-0.15, -0.1) is 8.58 Å². The number of hydrogen-bond acceptors (Lipinski definition) is 0. The number of halogens is 10. The fraction of sp³-hybridized carbons (Fsp3) is 0.545. The van der Waals surface area contributed by atoms with E-state index in [0.717, 1.165) is 11.3 Å². The maximum absolute atomic E-state index is 10.7. The van der Waals surface area contributed by atoms with E-state index >= 15 is 0 Å². The first kappa shape index (κ1) is 37.6. The van der Waals surface area contributed by atoms with E-state index in [9.17, 15) is 42.4 Å². The van der Waals surface area contributed by atoms with Crippen molar-refractivity contribution in [3.05, 3.63) is 60.7 Å². The molecular formula is C22H33BCoF10P2-2. The molecule has 2 saturated carbocycles. The summed E-state index contributed by atoms with van der Waals surface area (Å²) in [7, 11) is -15.3. The summed E-state index contributed by atoms with van der Waals surface area (Å²) in [6.07, 6.45) is 15.4. The zero-order valence-corrected chi connectivity index (χ0v) is 22.6. The summed E-state index contributed by atoms with van der Waals surface area (Å²) in [5.41, 5.74) is 2.30. The molecule has 0 spiro atoms. The van der Waals surface area contributed by atoms with Gasteiger partial charge in [0.25, 0.3) is 0 Å². The Labute approximate surface area is 219 Å². The van der Waals surface area contributed by atoms with Gasteiger partial charge in [0, 0.05) is 0 Å². The molecule has 2 aliphatic rings. The Balaban J connectivity index is 0. The first-order chi connectivity index (χ1) is 15.9. The minimum atomic E-state index is -10.7. The molecule has 0 heterocycles. The van der Waals surface area contributed by atoms with Crippen molar-refractivity contribution in [1.82, 2.24) is 0 Å². The zero-order valence-electron chi connectivity index (χ0n) is 19.6. The van der Waals surface area contributed by atoms with Gasteiger partial charge in [0.2, 0.25) is 0 Å². The first-order valence-electron chi connectivity index (χ1n) is 11.4. The van der Waals surface area contributed by atoms with Gasteiger partial charge in [0.15, 0.2) is 0 Å². The summed E-state index contributed by atoms with van der Waals surface area (Å²) in [6, 6.07) is 20.0. The summed E-state index contributed by atoms with van der Waals surface area (Å²) in [5, 5.41) is 0. The van der Waals surface area contributed by atoms with Crippen LogP contribution in [0.25, 0.3) is 0 Å². The molecule has 2 fully saturated rings. The molecule has 215 valence electrons. The Kier molecular flexibility index (Phi) is 17.9. The van der Waals surface area contributed by atoms with Crippen LogP contribution in [0.1, 0.15) is 64.2 Å². The molecule has 0 amide bonds. The van der Waals surface area contributed by atoms with Gasteiger partial charge in [-0.2, -0.15) is 36.4 Å². The average Bonchev–Trinajstić information content (AvgIpc) is 3.45. The molecule has 1 radical (unpaired) electrons. The van der Waals surface area contributed by atoms with Gasteiger partial charge in [-0.25, -0.2) is 24.3 Å². The molecular weight excluding hydrogens is 586 g/mol. The van der Waals surface area contributed by atoms with E-state index in [4.69, 9.17) is 0 Å². The van der Waals surface area contributed by atoms with E-state index in [0.29, 0.717) is 0 Å². The van der Waals surface area contributed by atoms with Crippen LogP contribution in [0.3, 0.4) is 0 Å². The predicted octanol–water partition coefficient (Wildman–Crippen LogP) is 11.8. The van der Waals surface area contributed by atoms with Crippen LogP contribution in [0.15, 0.2) is 60.7 Å². The summed E-state index contributed by atoms with van der Waals surface area (Å²) >= 11 is 0. The second kappa shape index (κ2) is 17.1. The molecule has 2 aliphatic carbocycles. The fourth-order valence-corrected chi connectivity index (χ4v) is 5.66. The minimum absolute atomic E-state index is 0. The fourth-order valence-electron chi connectivity index (χ4n) is 3.51. The van der Waals surface area contributed by atoms with Gasteiger partial charge in [0.05, 0.1) is 0 Å². The smallest absolute Gasteiger partial charge is 0.214 e. The summed E-state index contributed by atoms with van der Waals surface area (Å²) < 4.78 is 98.2. The first-order valence-corrected chi connectivity index (χ1v) is 14.6. The second-order valence-corrected chi connectivity index (χ2v) is 12.1. The third kappa shape index (κ3) is 40.6. The van der Waals surface area contributed by atoms with Gasteiger partial charge in [-0.1, -0.05) is 38.5 Å².